The molecule has 37 heavy (non-hydrogen) atoms. The summed E-state index contributed by atoms with van der Waals surface area (Å²) < 4.78 is 13.8. The van der Waals surface area contributed by atoms with Crippen LogP contribution in [0.15, 0.2) is 84.9 Å². The number of hydrogen-bond acceptors (Lipinski definition) is 2. The van der Waals surface area contributed by atoms with Crippen LogP contribution in [0.2, 0.25) is 0 Å². The highest BCUT2D eigenvalue weighted by Crippen LogP contribution is 2.21. The summed E-state index contributed by atoms with van der Waals surface area (Å²) in [6, 6.07) is 29.7. The van der Waals surface area contributed by atoms with Crippen molar-refractivity contribution in [3.63, 3.8) is 0 Å². The van der Waals surface area contributed by atoms with Crippen molar-refractivity contribution in [2.75, 3.05) is 6.61 Å². The third-order valence-corrected chi connectivity index (χ3v) is 10.5. The second-order valence-corrected chi connectivity index (χ2v) is 13.1. The molecule has 0 saturated heterocycles. The van der Waals surface area contributed by atoms with Crippen molar-refractivity contribution in [2.45, 2.75) is 97.3 Å². The molecule has 0 bridgehead atoms. The van der Waals surface area contributed by atoms with Gasteiger partial charge in [-0.2, -0.15) is 0 Å². The van der Waals surface area contributed by atoms with E-state index in [4.69, 9.17) is 8.85 Å². The Balaban J connectivity index is 1.59. The van der Waals surface area contributed by atoms with Crippen molar-refractivity contribution in [3.05, 3.63) is 90.5 Å². The second kappa shape index (κ2) is 17.2. The smallest absolute Gasteiger partial charge is 0.468 e. The minimum atomic E-state index is -2.92. The molecule has 0 aromatic heterocycles. The number of benzene rings is 3. The minimum absolute atomic E-state index is 0.723. The van der Waals surface area contributed by atoms with E-state index in [0.717, 1.165) is 35.6 Å². The van der Waals surface area contributed by atoms with Crippen molar-refractivity contribution < 1.29 is 8.85 Å². The lowest BCUT2D eigenvalue weighted by atomic mass is 10.1. The molecule has 0 spiro atoms. The van der Waals surface area contributed by atoms with Crippen LogP contribution >= 0.6 is 0 Å². The van der Waals surface area contributed by atoms with Gasteiger partial charge in [0.15, 0.2) is 0 Å². The summed E-state index contributed by atoms with van der Waals surface area (Å²) >= 11 is 0. The Labute approximate surface area is 227 Å². The van der Waals surface area contributed by atoms with E-state index in [9.17, 15) is 0 Å². The van der Waals surface area contributed by atoms with Gasteiger partial charge >= 0.3 is 8.56 Å². The normalized spacial score (nSPS) is 11.5. The van der Waals surface area contributed by atoms with Gasteiger partial charge in [0.2, 0.25) is 0 Å². The van der Waals surface area contributed by atoms with E-state index in [1.54, 1.807) is 0 Å². The van der Waals surface area contributed by atoms with Gasteiger partial charge in [0.25, 0.3) is 0 Å². The topological polar surface area (TPSA) is 18.5 Å². The third kappa shape index (κ3) is 9.79. The summed E-state index contributed by atoms with van der Waals surface area (Å²) in [6.45, 7) is 5.19. The van der Waals surface area contributed by atoms with Gasteiger partial charge in [-0.1, -0.05) is 157 Å². The van der Waals surface area contributed by atoms with E-state index >= 15 is 0 Å². The van der Waals surface area contributed by atoms with Crippen LogP contribution in [0.3, 0.4) is 0 Å². The highest BCUT2D eigenvalue weighted by molar-refractivity contribution is 6.93. The Bertz CT molecular complexity index is 934. The highest BCUT2D eigenvalue weighted by atomic mass is 28.4. The van der Waals surface area contributed by atoms with Crippen LogP contribution < -0.4 is 14.8 Å². The number of aryl methyl sites for hydroxylation is 1. The first-order valence-corrected chi connectivity index (χ1v) is 16.6. The van der Waals surface area contributed by atoms with Crippen LogP contribution in [0.1, 0.15) is 96.5 Å². The number of unbranched alkanes of at least 4 members (excludes halogenated alkanes) is 11. The van der Waals surface area contributed by atoms with Crippen molar-refractivity contribution in [2.24, 2.45) is 0 Å². The molecule has 0 unspecified atom stereocenters. The van der Waals surface area contributed by atoms with Crippen LogP contribution in [-0.4, -0.2) is 15.2 Å². The lowest BCUT2D eigenvalue weighted by Crippen LogP contribution is -2.66. The maximum absolute atomic E-state index is 6.94. The van der Waals surface area contributed by atoms with Crippen LogP contribution in [0.25, 0.3) is 0 Å². The Morgan fingerprint density at radius 3 is 1.57 bits per heavy atom. The molecule has 3 aromatic rings. The Kier molecular flexibility index (Phi) is 13.6. The molecule has 0 N–H and O–H groups in total. The van der Waals surface area contributed by atoms with E-state index < -0.39 is 8.56 Å². The number of rotatable bonds is 19. The average molecular weight is 517 g/mol. The van der Waals surface area contributed by atoms with Gasteiger partial charge in [-0.15, -0.1) is 0 Å². The summed E-state index contributed by atoms with van der Waals surface area (Å²) in [4.78, 5) is 0. The first kappa shape index (κ1) is 29.2. The fraction of sp³-hybridized carbons (Fsp3) is 0.471. The summed E-state index contributed by atoms with van der Waals surface area (Å²) in [5, 5.41) is 2.31. The summed E-state index contributed by atoms with van der Waals surface area (Å²) in [6.07, 6.45) is 17.1. The van der Waals surface area contributed by atoms with Gasteiger partial charge in [0.1, 0.15) is 5.75 Å². The predicted molar refractivity (Wildman–Crippen MR) is 161 cm³/mol. The fourth-order valence-electron chi connectivity index (χ4n) is 4.95. The van der Waals surface area contributed by atoms with Gasteiger partial charge in [0.05, 0.1) is 0 Å². The average Bonchev–Trinajstić information content (AvgIpc) is 2.96. The molecule has 0 heterocycles. The van der Waals surface area contributed by atoms with Crippen LogP contribution in [0.5, 0.6) is 5.75 Å². The lowest BCUT2D eigenvalue weighted by Gasteiger charge is -2.32. The molecule has 2 nitrogen and oxygen atoms in total. The van der Waals surface area contributed by atoms with E-state index in [-0.39, 0.29) is 0 Å². The molecule has 3 heteroatoms. The van der Waals surface area contributed by atoms with Gasteiger partial charge in [-0.25, -0.2) is 0 Å². The molecule has 0 aliphatic carbocycles. The van der Waals surface area contributed by atoms with E-state index in [0.29, 0.717) is 0 Å². The van der Waals surface area contributed by atoms with E-state index in [2.05, 4.69) is 98.8 Å². The molecular formula is C34H48O2Si. The Morgan fingerprint density at radius 1 is 0.541 bits per heavy atom. The second-order valence-electron chi connectivity index (χ2n) is 10.2. The maximum atomic E-state index is 6.94. The van der Waals surface area contributed by atoms with Crippen molar-refractivity contribution >= 4 is 18.9 Å². The summed E-state index contributed by atoms with van der Waals surface area (Å²) in [5.41, 5.74) is 1.28. The van der Waals surface area contributed by atoms with Crippen molar-refractivity contribution in [1.29, 1.82) is 0 Å². The maximum Gasteiger partial charge on any atom is 0.468 e. The molecule has 0 amide bonds. The van der Waals surface area contributed by atoms with Crippen LogP contribution in [0.4, 0.5) is 0 Å². The predicted octanol–water partition coefficient (Wildman–Crippen LogP) is 8.60. The molecule has 0 radical (unpaired) electrons. The van der Waals surface area contributed by atoms with Crippen LogP contribution in [-0.2, 0) is 10.8 Å². The first-order chi connectivity index (χ1) is 18.3. The van der Waals surface area contributed by atoms with E-state index in [1.165, 1.54) is 76.2 Å². The fourth-order valence-corrected chi connectivity index (χ4v) is 8.06. The summed E-state index contributed by atoms with van der Waals surface area (Å²) in [7, 11) is -2.92. The van der Waals surface area contributed by atoms with Crippen LogP contribution in [0, 0.1) is 0 Å². The zero-order valence-corrected chi connectivity index (χ0v) is 24.3. The monoisotopic (exact) mass is 516 g/mol. The molecular weight excluding hydrogens is 468 g/mol. The van der Waals surface area contributed by atoms with Gasteiger partial charge in [-0.05, 0) is 30.5 Å². The van der Waals surface area contributed by atoms with Gasteiger partial charge in [0, 0.05) is 17.0 Å². The minimum Gasteiger partial charge on any atom is -0.514 e. The van der Waals surface area contributed by atoms with Crippen molar-refractivity contribution in [1.82, 2.24) is 0 Å². The van der Waals surface area contributed by atoms with Crippen molar-refractivity contribution in [3.8, 4) is 5.75 Å². The molecule has 0 saturated carbocycles. The zero-order chi connectivity index (χ0) is 26.0. The molecule has 3 rings (SSSR count). The third-order valence-electron chi connectivity index (χ3n) is 7.18. The number of hydrogen-bond donors (Lipinski definition) is 0. The largest absolute Gasteiger partial charge is 0.514 e. The van der Waals surface area contributed by atoms with E-state index in [1.807, 2.05) is 0 Å². The Morgan fingerprint density at radius 2 is 1.05 bits per heavy atom. The first-order valence-electron chi connectivity index (χ1n) is 14.8. The highest BCUT2D eigenvalue weighted by Gasteiger charge is 2.45. The Hall–Kier alpha value is -2.36. The molecule has 0 aliphatic heterocycles. The lowest BCUT2D eigenvalue weighted by molar-refractivity contribution is 0.252. The van der Waals surface area contributed by atoms with Gasteiger partial charge < -0.3 is 8.85 Å². The summed E-state index contributed by atoms with van der Waals surface area (Å²) in [5.74, 6) is 0.897. The molecule has 200 valence electrons. The molecule has 0 aliphatic rings. The molecule has 3 aromatic carbocycles. The quantitative estimate of drug-likeness (QED) is 0.117. The zero-order valence-electron chi connectivity index (χ0n) is 23.3. The molecule has 0 atom stereocenters. The molecule has 0 fully saturated rings. The SMILES string of the molecule is CCCCCCCCCCCCCCO[Si](Oc1cccc(CC)c1)(c1ccccc1)c1ccccc1. The van der Waals surface area contributed by atoms with Gasteiger partial charge in [-0.3, -0.25) is 0 Å². The standard InChI is InChI=1S/C34H48O2Si/c1-3-5-6-7-8-9-10-11-12-13-14-21-29-35-37(33-25-17-15-18-26-33,34-27-19-16-20-28-34)36-32-24-22-23-31(4-2)30-32/h15-20,22-28,30H,3-14,21,29H2,1-2H3.